The first-order valence-electron chi connectivity index (χ1n) is 6.33. The molecular weight excluding hydrogens is 265 g/mol. The lowest BCUT2D eigenvalue weighted by molar-refractivity contribution is -0.147. The molecule has 1 rings (SSSR count). The maximum absolute atomic E-state index is 13.0. The highest BCUT2D eigenvalue weighted by atomic mass is 19.1. The van der Waals surface area contributed by atoms with Crippen molar-refractivity contribution in [2.45, 2.75) is 32.9 Å². The molecule has 2 atom stereocenters. The second-order valence-electron chi connectivity index (χ2n) is 4.20. The predicted molar refractivity (Wildman–Crippen MR) is 70.7 cm³/mol. The predicted octanol–water partition coefficient (Wildman–Crippen LogP) is 1.66. The Labute approximate surface area is 117 Å². The fraction of sp³-hybridized carbons (Fsp3) is 0.429. The first-order valence-corrected chi connectivity index (χ1v) is 6.33. The maximum atomic E-state index is 13.0. The summed E-state index contributed by atoms with van der Waals surface area (Å²) < 4.78 is 23.0. The summed E-state index contributed by atoms with van der Waals surface area (Å²) in [5.74, 6) is -1.19. The summed E-state index contributed by atoms with van der Waals surface area (Å²) >= 11 is 0. The number of amides is 1. The molecule has 20 heavy (non-hydrogen) atoms. The minimum absolute atomic E-state index is 0.244. The van der Waals surface area contributed by atoms with E-state index in [-0.39, 0.29) is 12.4 Å². The molecule has 1 aromatic rings. The third-order valence-corrected chi connectivity index (χ3v) is 2.48. The van der Waals surface area contributed by atoms with Crippen LogP contribution < -0.4 is 10.1 Å². The van der Waals surface area contributed by atoms with E-state index in [4.69, 9.17) is 9.47 Å². The highest BCUT2D eigenvalue weighted by Crippen LogP contribution is 2.13. The van der Waals surface area contributed by atoms with Crippen molar-refractivity contribution < 1.29 is 23.5 Å². The Morgan fingerprint density at radius 2 is 2.05 bits per heavy atom. The topological polar surface area (TPSA) is 64.6 Å². The Kier molecular flexibility index (Phi) is 5.96. The van der Waals surface area contributed by atoms with Crippen LogP contribution in [0.4, 0.5) is 4.39 Å². The van der Waals surface area contributed by atoms with Gasteiger partial charge in [0, 0.05) is 6.07 Å². The molecule has 0 aliphatic rings. The fourth-order valence-electron chi connectivity index (χ4n) is 1.45. The second-order valence-corrected chi connectivity index (χ2v) is 4.20. The molecule has 0 bridgehead atoms. The lowest BCUT2D eigenvalue weighted by Gasteiger charge is -2.17. The number of hydrogen-bond donors (Lipinski definition) is 1. The van der Waals surface area contributed by atoms with E-state index in [0.29, 0.717) is 0 Å². The van der Waals surface area contributed by atoms with Crippen LogP contribution in [0.15, 0.2) is 24.3 Å². The van der Waals surface area contributed by atoms with Gasteiger partial charge in [0.05, 0.1) is 6.61 Å². The third kappa shape index (κ3) is 4.87. The molecule has 1 amide bonds. The highest BCUT2D eigenvalue weighted by Gasteiger charge is 2.21. The van der Waals surface area contributed by atoms with Crippen molar-refractivity contribution in [1.29, 1.82) is 0 Å². The van der Waals surface area contributed by atoms with Crippen molar-refractivity contribution in [3.63, 3.8) is 0 Å². The van der Waals surface area contributed by atoms with Crippen molar-refractivity contribution >= 4 is 11.9 Å². The average molecular weight is 283 g/mol. The Balaban J connectivity index is 2.53. The van der Waals surface area contributed by atoms with Gasteiger partial charge in [-0.05, 0) is 32.9 Å². The minimum Gasteiger partial charge on any atom is -0.481 e. The van der Waals surface area contributed by atoms with Crippen LogP contribution in [-0.2, 0) is 14.3 Å². The number of esters is 1. The van der Waals surface area contributed by atoms with E-state index in [2.05, 4.69) is 5.32 Å². The van der Waals surface area contributed by atoms with Crippen LogP contribution in [0.5, 0.6) is 5.75 Å². The van der Waals surface area contributed by atoms with E-state index >= 15 is 0 Å². The molecule has 5 nitrogen and oxygen atoms in total. The van der Waals surface area contributed by atoms with Gasteiger partial charge in [0.15, 0.2) is 6.10 Å². The Bertz CT molecular complexity index is 478. The highest BCUT2D eigenvalue weighted by molar-refractivity contribution is 5.86. The summed E-state index contributed by atoms with van der Waals surface area (Å²) in [5.41, 5.74) is 0. The SMILES string of the molecule is CCOC(=O)C(C)NC(=O)C(C)Oc1cccc(F)c1. The lowest BCUT2D eigenvalue weighted by atomic mass is 10.3. The van der Waals surface area contributed by atoms with E-state index in [1.54, 1.807) is 13.0 Å². The molecule has 0 aliphatic carbocycles. The molecule has 6 heteroatoms. The third-order valence-electron chi connectivity index (χ3n) is 2.48. The van der Waals surface area contributed by atoms with Gasteiger partial charge in [0.1, 0.15) is 17.6 Å². The smallest absolute Gasteiger partial charge is 0.328 e. The molecule has 0 radical (unpaired) electrons. The summed E-state index contributed by atoms with van der Waals surface area (Å²) in [7, 11) is 0. The van der Waals surface area contributed by atoms with Gasteiger partial charge in [-0.25, -0.2) is 9.18 Å². The normalized spacial score (nSPS) is 13.2. The van der Waals surface area contributed by atoms with Gasteiger partial charge in [0.2, 0.25) is 0 Å². The molecule has 0 fully saturated rings. The van der Waals surface area contributed by atoms with Gasteiger partial charge in [-0.15, -0.1) is 0 Å². The monoisotopic (exact) mass is 283 g/mol. The van der Waals surface area contributed by atoms with Crippen LogP contribution in [-0.4, -0.2) is 30.6 Å². The zero-order valence-corrected chi connectivity index (χ0v) is 11.7. The summed E-state index contributed by atoms with van der Waals surface area (Å²) in [6, 6.07) is 4.72. The molecule has 0 saturated carbocycles. The van der Waals surface area contributed by atoms with Crippen LogP contribution >= 0.6 is 0 Å². The number of rotatable bonds is 6. The van der Waals surface area contributed by atoms with Crippen LogP contribution in [0.25, 0.3) is 0 Å². The first kappa shape index (κ1) is 15.9. The van der Waals surface area contributed by atoms with E-state index in [1.165, 1.54) is 32.0 Å². The second kappa shape index (κ2) is 7.47. The Morgan fingerprint density at radius 3 is 2.65 bits per heavy atom. The van der Waals surface area contributed by atoms with Crippen molar-refractivity contribution in [2.75, 3.05) is 6.61 Å². The fourth-order valence-corrected chi connectivity index (χ4v) is 1.45. The summed E-state index contributed by atoms with van der Waals surface area (Å²) in [6.07, 6.45) is -0.853. The summed E-state index contributed by atoms with van der Waals surface area (Å²) in [5, 5.41) is 2.47. The molecule has 110 valence electrons. The quantitative estimate of drug-likeness (QED) is 0.806. The van der Waals surface area contributed by atoms with Gasteiger partial charge in [-0.1, -0.05) is 6.07 Å². The summed E-state index contributed by atoms with van der Waals surface area (Å²) in [6.45, 7) is 4.96. The minimum atomic E-state index is -0.853. The molecule has 0 aliphatic heterocycles. The average Bonchev–Trinajstić information content (AvgIpc) is 2.38. The number of halogens is 1. The van der Waals surface area contributed by atoms with E-state index < -0.39 is 29.8 Å². The molecule has 0 heterocycles. The van der Waals surface area contributed by atoms with Crippen LogP contribution in [0, 0.1) is 5.82 Å². The zero-order chi connectivity index (χ0) is 15.1. The first-order chi connectivity index (χ1) is 9.43. The number of nitrogens with one attached hydrogen (secondary N) is 1. The molecule has 2 unspecified atom stereocenters. The molecular formula is C14H18FNO4. The van der Waals surface area contributed by atoms with Crippen molar-refractivity contribution in [3.8, 4) is 5.75 Å². The largest absolute Gasteiger partial charge is 0.481 e. The number of ether oxygens (including phenoxy) is 2. The Hall–Kier alpha value is -2.11. The van der Waals surface area contributed by atoms with Crippen LogP contribution in [0.2, 0.25) is 0 Å². The van der Waals surface area contributed by atoms with Crippen LogP contribution in [0.1, 0.15) is 20.8 Å². The summed E-state index contributed by atoms with van der Waals surface area (Å²) in [4.78, 5) is 23.2. The van der Waals surface area contributed by atoms with Gasteiger partial charge in [-0.2, -0.15) is 0 Å². The number of benzene rings is 1. The van der Waals surface area contributed by atoms with Crippen molar-refractivity contribution in [2.24, 2.45) is 0 Å². The Morgan fingerprint density at radius 1 is 1.35 bits per heavy atom. The van der Waals surface area contributed by atoms with Gasteiger partial charge < -0.3 is 14.8 Å². The van der Waals surface area contributed by atoms with Gasteiger partial charge in [0.25, 0.3) is 5.91 Å². The van der Waals surface area contributed by atoms with Crippen molar-refractivity contribution in [3.05, 3.63) is 30.1 Å². The van der Waals surface area contributed by atoms with Gasteiger partial charge >= 0.3 is 5.97 Å². The molecule has 0 spiro atoms. The molecule has 0 aromatic heterocycles. The standard InChI is InChI=1S/C14H18FNO4/c1-4-19-14(18)9(2)16-13(17)10(3)20-12-7-5-6-11(15)8-12/h5-10H,4H2,1-3H3,(H,16,17). The molecule has 0 saturated heterocycles. The van der Waals surface area contributed by atoms with E-state index in [0.717, 1.165) is 0 Å². The van der Waals surface area contributed by atoms with Gasteiger partial charge in [-0.3, -0.25) is 4.79 Å². The number of carbonyl (C=O) groups excluding carboxylic acids is 2. The maximum Gasteiger partial charge on any atom is 0.328 e. The van der Waals surface area contributed by atoms with E-state index in [1.807, 2.05) is 0 Å². The molecule has 1 aromatic carbocycles. The van der Waals surface area contributed by atoms with Crippen molar-refractivity contribution in [1.82, 2.24) is 5.32 Å². The van der Waals surface area contributed by atoms with E-state index in [9.17, 15) is 14.0 Å². The number of hydrogen-bond acceptors (Lipinski definition) is 4. The molecule has 1 N–H and O–H groups in total. The number of carbonyl (C=O) groups is 2. The zero-order valence-electron chi connectivity index (χ0n) is 11.7. The lowest BCUT2D eigenvalue weighted by Crippen LogP contribution is -2.45. The van der Waals surface area contributed by atoms with Crippen LogP contribution in [0.3, 0.4) is 0 Å².